The largest absolute Gasteiger partial charge is 0.493 e. The zero-order chi connectivity index (χ0) is 26.9. The van der Waals surface area contributed by atoms with Gasteiger partial charge < -0.3 is 5.11 Å². The summed E-state index contributed by atoms with van der Waals surface area (Å²) in [7, 11) is 0. The van der Waals surface area contributed by atoms with Crippen LogP contribution in [0.4, 0.5) is 5.69 Å². The van der Waals surface area contributed by atoms with Crippen molar-refractivity contribution in [1.29, 1.82) is 0 Å². The first-order valence-electron chi connectivity index (χ1n) is 13.4. The van der Waals surface area contributed by atoms with Crippen molar-refractivity contribution in [2.45, 2.75) is 43.9 Å². The number of fused-ring (bicyclic) bond motifs is 1. The lowest BCUT2D eigenvalue weighted by molar-refractivity contribution is -0.00521. The van der Waals surface area contributed by atoms with E-state index in [9.17, 15) is 14.7 Å². The number of hydrogen-bond acceptors (Lipinski definition) is 4. The minimum Gasteiger partial charge on any atom is -0.493 e. The van der Waals surface area contributed by atoms with Crippen molar-refractivity contribution >= 4 is 54.5 Å². The van der Waals surface area contributed by atoms with Gasteiger partial charge in [0.05, 0.1) is 11.4 Å². The van der Waals surface area contributed by atoms with Crippen molar-refractivity contribution in [3.63, 3.8) is 0 Å². The standard InChI is InChI=1S/C31H27Br2N3O3/c32-24-6-7-26(22-4-2-1-3-21(22)24)34-16-23-28(37)35-30(39)36(29(23)38)27-8-5-20(12-25(27)33)31-13-17-9-18(14-31)11-19(10-17)15-31/h1-8,12,16-19,38H,9-11,13-15H2,(H,35,37,39). The van der Waals surface area contributed by atoms with Crippen molar-refractivity contribution < 1.29 is 5.11 Å². The highest BCUT2D eigenvalue weighted by molar-refractivity contribution is 9.11. The molecule has 4 aromatic rings. The number of nitrogens with zero attached hydrogens (tertiary/aromatic N) is 2. The van der Waals surface area contributed by atoms with E-state index in [-0.39, 0.29) is 11.0 Å². The van der Waals surface area contributed by atoms with Gasteiger partial charge in [0.25, 0.3) is 5.56 Å². The predicted octanol–water partition coefficient (Wildman–Crippen LogP) is 7.13. The van der Waals surface area contributed by atoms with E-state index >= 15 is 0 Å². The molecule has 8 rings (SSSR count). The first kappa shape index (κ1) is 25.0. The van der Waals surface area contributed by atoms with Crippen LogP contribution in [0.2, 0.25) is 0 Å². The molecule has 4 fully saturated rings. The van der Waals surface area contributed by atoms with Gasteiger partial charge in [0.1, 0.15) is 5.56 Å². The summed E-state index contributed by atoms with van der Waals surface area (Å²) in [5.41, 5.74) is 1.15. The number of aliphatic imine (C=N–C) groups is 1. The summed E-state index contributed by atoms with van der Waals surface area (Å²) in [6.07, 6.45) is 9.15. The Morgan fingerprint density at radius 1 is 0.897 bits per heavy atom. The fourth-order valence-corrected chi connectivity index (χ4v) is 8.89. The number of hydrogen-bond donors (Lipinski definition) is 2. The van der Waals surface area contributed by atoms with E-state index in [0.29, 0.717) is 15.8 Å². The van der Waals surface area contributed by atoms with E-state index in [1.165, 1.54) is 50.3 Å². The molecule has 4 bridgehead atoms. The second kappa shape index (κ2) is 9.30. The number of benzene rings is 3. The van der Waals surface area contributed by atoms with Gasteiger partial charge in [-0.15, -0.1) is 0 Å². The Morgan fingerprint density at radius 2 is 1.56 bits per heavy atom. The van der Waals surface area contributed by atoms with Crippen LogP contribution >= 0.6 is 31.9 Å². The molecular formula is C31H27Br2N3O3. The molecule has 198 valence electrons. The summed E-state index contributed by atoms with van der Waals surface area (Å²) in [5.74, 6) is 2.03. The summed E-state index contributed by atoms with van der Waals surface area (Å²) in [6.45, 7) is 0. The van der Waals surface area contributed by atoms with Crippen molar-refractivity contribution in [2.75, 3.05) is 0 Å². The second-order valence-electron chi connectivity index (χ2n) is 11.6. The smallest absolute Gasteiger partial charge is 0.335 e. The molecule has 39 heavy (non-hydrogen) atoms. The highest BCUT2D eigenvalue weighted by Crippen LogP contribution is 2.61. The average Bonchev–Trinajstić information content (AvgIpc) is 2.90. The maximum atomic E-state index is 12.9. The Balaban J connectivity index is 1.28. The normalized spacial score (nSPS) is 25.6. The molecule has 8 heteroatoms. The topological polar surface area (TPSA) is 87.5 Å². The van der Waals surface area contributed by atoms with Crippen LogP contribution in [0.25, 0.3) is 16.5 Å². The molecule has 1 aromatic heterocycles. The van der Waals surface area contributed by atoms with E-state index in [1.54, 1.807) is 0 Å². The molecule has 4 saturated carbocycles. The summed E-state index contributed by atoms with van der Waals surface area (Å²) >= 11 is 7.24. The number of halogens is 2. The quantitative estimate of drug-likeness (QED) is 0.231. The third kappa shape index (κ3) is 4.14. The van der Waals surface area contributed by atoms with Gasteiger partial charge in [-0.25, -0.2) is 9.36 Å². The number of aromatic amines is 1. The third-order valence-corrected chi connectivity index (χ3v) is 10.5. The molecule has 0 atom stereocenters. The van der Waals surface area contributed by atoms with Crippen LogP contribution in [0.3, 0.4) is 0 Å². The number of H-pyrrole nitrogens is 1. The lowest BCUT2D eigenvalue weighted by Gasteiger charge is -2.57. The zero-order valence-electron chi connectivity index (χ0n) is 21.2. The van der Waals surface area contributed by atoms with Crippen molar-refractivity contribution in [3.05, 3.63) is 95.5 Å². The predicted molar refractivity (Wildman–Crippen MR) is 161 cm³/mol. The molecule has 0 spiro atoms. The molecule has 6 nitrogen and oxygen atoms in total. The minimum atomic E-state index is -0.702. The Labute approximate surface area is 242 Å². The average molecular weight is 649 g/mol. The van der Waals surface area contributed by atoms with E-state index in [4.69, 9.17) is 0 Å². The zero-order valence-corrected chi connectivity index (χ0v) is 24.3. The van der Waals surface area contributed by atoms with Crippen LogP contribution in [0, 0.1) is 17.8 Å². The monoisotopic (exact) mass is 647 g/mol. The highest BCUT2D eigenvalue weighted by atomic mass is 79.9. The van der Waals surface area contributed by atoms with Crippen molar-refractivity contribution in [2.24, 2.45) is 22.7 Å². The number of aromatic nitrogens is 2. The van der Waals surface area contributed by atoms with E-state index < -0.39 is 17.1 Å². The highest BCUT2D eigenvalue weighted by Gasteiger charge is 2.51. The molecule has 0 radical (unpaired) electrons. The van der Waals surface area contributed by atoms with Gasteiger partial charge in [-0.1, -0.05) is 46.3 Å². The number of aromatic hydroxyl groups is 1. The Kier molecular flexibility index (Phi) is 5.97. The molecule has 4 aliphatic carbocycles. The number of nitrogens with one attached hydrogen (secondary N) is 1. The summed E-state index contributed by atoms with van der Waals surface area (Å²) in [6, 6.07) is 17.6. The molecule has 2 N–H and O–H groups in total. The first-order valence-corrected chi connectivity index (χ1v) is 15.0. The second-order valence-corrected chi connectivity index (χ2v) is 13.3. The van der Waals surface area contributed by atoms with Crippen LogP contribution in [-0.2, 0) is 5.41 Å². The van der Waals surface area contributed by atoms with E-state index in [2.05, 4.69) is 54.0 Å². The van der Waals surface area contributed by atoms with E-state index in [1.807, 2.05) is 42.5 Å². The minimum absolute atomic E-state index is 0.0846. The maximum absolute atomic E-state index is 12.9. The molecule has 0 amide bonds. The lowest BCUT2D eigenvalue weighted by Crippen LogP contribution is -2.48. The molecule has 0 aliphatic heterocycles. The van der Waals surface area contributed by atoms with Gasteiger partial charge in [0.2, 0.25) is 5.88 Å². The lowest BCUT2D eigenvalue weighted by atomic mass is 9.48. The van der Waals surface area contributed by atoms with Crippen molar-refractivity contribution in [1.82, 2.24) is 9.55 Å². The maximum Gasteiger partial charge on any atom is 0.335 e. The number of rotatable bonds is 4. The van der Waals surface area contributed by atoms with Gasteiger partial charge >= 0.3 is 5.69 Å². The van der Waals surface area contributed by atoms with Gasteiger partial charge in [0, 0.05) is 20.5 Å². The van der Waals surface area contributed by atoms with Gasteiger partial charge in [-0.05, 0) is 113 Å². The van der Waals surface area contributed by atoms with Crippen LogP contribution in [0.1, 0.15) is 49.7 Å². The fourth-order valence-electron chi connectivity index (χ4n) is 7.85. The van der Waals surface area contributed by atoms with Crippen LogP contribution in [0.15, 0.2) is 78.1 Å². The summed E-state index contributed by atoms with van der Waals surface area (Å²) in [5, 5.41) is 13.1. The molecule has 0 unspecified atom stereocenters. The van der Waals surface area contributed by atoms with Crippen molar-refractivity contribution in [3.8, 4) is 11.6 Å². The summed E-state index contributed by atoms with van der Waals surface area (Å²) < 4.78 is 2.78. The fraction of sp³-hybridized carbons (Fsp3) is 0.323. The van der Waals surface area contributed by atoms with E-state index in [0.717, 1.165) is 37.6 Å². The van der Waals surface area contributed by atoms with Crippen LogP contribution in [0.5, 0.6) is 5.88 Å². The SMILES string of the molecule is O=c1[nH]c(=O)n(-c2ccc(C34CC5CC(CC(C5)C3)C4)cc2Br)c(O)c1C=Nc1ccc(Br)c2ccccc12. The Morgan fingerprint density at radius 3 is 2.23 bits per heavy atom. The van der Waals surface area contributed by atoms with Crippen LogP contribution < -0.4 is 11.2 Å². The first-order chi connectivity index (χ1) is 18.8. The third-order valence-electron chi connectivity index (χ3n) is 9.14. The molecule has 1 heterocycles. The van der Waals surface area contributed by atoms with Gasteiger partial charge in [0.15, 0.2) is 0 Å². The molecule has 4 aliphatic rings. The van der Waals surface area contributed by atoms with Crippen LogP contribution in [-0.4, -0.2) is 20.9 Å². The Hall–Kier alpha value is -2.97. The Bertz CT molecular complexity index is 1750. The summed E-state index contributed by atoms with van der Waals surface area (Å²) in [4.78, 5) is 32.6. The van der Waals surface area contributed by atoms with Gasteiger partial charge in [-0.2, -0.15) is 0 Å². The molecule has 0 saturated heterocycles. The molecular weight excluding hydrogens is 622 g/mol. The van der Waals surface area contributed by atoms with Gasteiger partial charge in [-0.3, -0.25) is 14.8 Å². The molecule has 3 aromatic carbocycles.